The van der Waals surface area contributed by atoms with Crippen molar-refractivity contribution in [2.45, 2.75) is 58.1 Å². The summed E-state index contributed by atoms with van der Waals surface area (Å²) in [7, 11) is 0. The number of aliphatic hydroxyl groups is 1. The molecule has 6 nitrogen and oxygen atoms in total. The predicted octanol–water partition coefficient (Wildman–Crippen LogP) is 4.33. The van der Waals surface area contributed by atoms with E-state index in [1.54, 1.807) is 24.8 Å². The first-order chi connectivity index (χ1) is 14.8. The van der Waals surface area contributed by atoms with Gasteiger partial charge in [-0.25, -0.2) is 9.18 Å². The van der Waals surface area contributed by atoms with Gasteiger partial charge in [0.15, 0.2) is 0 Å². The third-order valence-electron chi connectivity index (χ3n) is 5.77. The summed E-state index contributed by atoms with van der Waals surface area (Å²) in [5.74, 6) is -0.665. The van der Waals surface area contributed by atoms with Crippen LogP contribution in [0.2, 0.25) is 0 Å². The Hall–Kier alpha value is -2.93. The highest BCUT2D eigenvalue weighted by Gasteiger charge is 2.31. The van der Waals surface area contributed by atoms with Gasteiger partial charge in [-0.1, -0.05) is 25.1 Å². The first-order valence-electron chi connectivity index (χ1n) is 10.7. The summed E-state index contributed by atoms with van der Waals surface area (Å²) in [5.41, 5.74) is 2.61. The average Bonchev–Trinajstić information content (AvgIpc) is 2.72. The minimum absolute atomic E-state index is 0.0476. The molecule has 166 valence electrons. The van der Waals surface area contributed by atoms with Crippen LogP contribution >= 0.6 is 0 Å². The SMILES string of the molecule is CCC(c1ccc(N2CCCC(NC(=O)Nc3ccc(C)cc3F)C2=O)cc1)C(C)O. The number of piperidine rings is 1. The molecule has 3 rings (SSSR count). The van der Waals surface area contributed by atoms with Gasteiger partial charge in [0.25, 0.3) is 0 Å². The van der Waals surface area contributed by atoms with Crippen molar-refractivity contribution in [3.05, 3.63) is 59.4 Å². The molecule has 0 saturated carbocycles. The molecule has 1 saturated heterocycles. The van der Waals surface area contributed by atoms with Crippen LogP contribution in [0.1, 0.15) is 50.2 Å². The number of amides is 3. The molecule has 3 unspecified atom stereocenters. The lowest BCUT2D eigenvalue weighted by atomic mass is 9.91. The van der Waals surface area contributed by atoms with Crippen molar-refractivity contribution in [3.8, 4) is 0 Å². The molecule has 3 atom stereocenters. The van der Waals surface area contributed by atoms with E-state index >= 15 is 0 Å². The van der Waals surface area contributed by atoms with Crippen LogP contribution in [0.5, 0.6) is 0 Å². The van der Waals surface area contributed by atoms with Crippen LogP contribution in [0.25, 0.3) is 0 Å². The maximum absolute atomic E-state index is 14.0. The summed E-state index contributed by atoms with van der Waals surface area (Å²) in [4.78, 5) is 27.0. The minimum atomic E-state index is -0.678. The van der Waals surface area contributed by atoms with Gasteiger partial charge in [-0.3, -0.25) is 4.79 Å². The molecule has 3 amide bonds. The summed E-state index contributed by atoms with van der Waals surface area (Å²) in [6, 6.07) is 10.9. The first-order valence-corrected chi connectivity index (χ1v) is 10.7. The van der Waals surface area contributed by atoms with E-state index in [9.17, 15) is 19.1 Å². The highest BCUT2D eigenvalue weighted by atomic mass is 19.1. The standard InChI is InChI=1S/C24H30FN3O3/c1-4-19(16(3)29)17-8-10-18(11-9-17)28-13-5-6-22(23(28)30)27-24(31)26-21-12-7-15(2)14-20(21)25/h7-12,14,16,19,22,29H,4-6,13H2,1-3H3,(H2,26,27,31). The van der Waals surface area contributed by atoms with Gasteiger partial charge in [0, 0.05) is 18.2 Å². The quantitative estimate of drug-likeness (QED) is 0.642. The van der Waals surface area contributed by atoms with E-state index < -0.39 is 24.0 Å². The van der Waals surface area contributed by atoms with Crippen molar-refractivity contribution in [2.75, 3.05) is 16.8 Å². The number of urea groups is 1. The number of benzene rings is 2. The van der Waals surface area contributed by atoms with Gasteiger partial charge in [0.2, 0.25) is 5.91 Å². The molecule has 0 bridgehead atoms. The smallest absolute Gasteiger partial charge is 0.319 e. The third kappa shape index (κ3) is 5.41. The number of aryl methyl sites for hydroxylation is 1. The number of nitrogens with one attached hydrogen (secondary N) is 2. The monoisotopic (exact) mass is 427 g/mol. The zero-order valence-electron chi connectivity index (χ0n) is 18.2. The Morgan fingerprint density at radius 3 is 2.58 bits per heavy atom. The number of hydrogen-bond acceptors (Lipinski definition) is 3. The molecule has 0 aliphatic carbocycles. The number of nitrogens with zero attached hydrogens (tertiary/aromatic N) is 1. The number of rotatable bonds is 6. The van der Waals surface area contributed by atoms with Crippen molar-refractivity contribution < 1.29 is 19.1 Å². The molecule has 3 N–H and O–H groups in total. The highest BCUT2D eigenvalue weighted by Crippen LogP contribution is 2.27. The number of hydrogen-bond donors (Lipinski definition) is 3. The van der Waals surface area contributed by atoms with Crippen molar-refractivity contribution in [3.63, 3.8) is 0 Å². The Labute approximate surface area is 182 Å². The molecule has 1 aliphatic heterocycles. The van der Waals surface area contributed by atoms with Gasteiger partial charge < -0.3 is 20.6 Å². The molecule has 0 radical (unpaired) electrons. The lowest BCUT2D eigenvalue weighted by Gasteiger charge is -2.33. The van der Waals surface area contributed by atoms with Gasteiger partial charge in [-0.2, -0.15) is 0 Å². The van der Waals surface area contributed by atoms with E-state index in [1.165, 1.54) is 12.1 Å². The van der Waals surface area contributed by atoms with E-state index in [-0.39, 0.29) is 17.5 Å². The van der Waals surface area contributed by atoms with E-state index in [4.69, 9.17) is 0 Å². The molecular weight excluding hydrogens is 397 g/mol. The fourth-order valence-electron chi connectivity index (χ4n) is 4.06. The zero-order valence-corrected chi connectivity index (χ0v) is 18.2. The summed E-state index contributed by atoms with van der Waals surface area (Å²) in [6.45, 7) is 6.14. The number of carbonyl (C=O) groups is 2. The van der Waals surface area contributed by atoms with Crippen LogP contribution < -0.4 is 15.5 Å². The highest BCUT2D eigenvalue weighted by molar-refractivity contribution is 6.01. The fraction of sp³-hybridized carbons (Fsp3) is 0.417. The van der Waals surface area contributed by atoms with Crippen LogP contribution in [0.3, 0.4) is 0 Å². The predicted molar refractivity (Wildman–Crippen MR) is 120 cm³/mol. The number of aliphatic hydroxyl groups excluding tert-OH is 1. The molecule has 2 aromatic carbocycles. The van der Waals surface area contributed by atoms with Gasteiger partial charge in [-0.15, -0.1) is 0 Å². The van der Waals surface area contributed by atoms with E-state index in [0.29, 0.717) is 13.0 Å². The van der Waals surface area contributed by atoms with Gasteiger partial charge in [-0.05, 0) is 68.5 Å². The fourth-order valence-corrected chi connectivity index (χ4v) is 4.06. The van der Waals surface area contributed by atoms with Crippen molar-refractivity contribution in [1.29, 1.82) is 0 Å². The van der Waals surface area contributed by atoms with Crippen molar-refractivity contribution in [2.24, 2.45) is 0 Å². The van der Waals surface area contributed by atoms with Gasteiger partial charge in [0.1, 0.15) is 11.9 Å². The Morgan fingerprint density at radius 1 is 1.26 bits per heavy atom. The third-order valence-corrected chi connectivity index (χ3v) is 5.77. The van der Waals surface area contributed by atoms with E-state index in [1.807, 2.05) is 31.2 Å². The maximum atomic E-state index is 14.0. The molecule has 0 spiro atoms. The summed E-state index contributed by atoms with van der Waals surface area (Å²) < 4.78 is 14.0. The van der Waals surface area contributed by atoms with Crippen molar-refractivity contribution in [1.82, 2.24) is 5.32 Å². The van der Waals surface area contributed by atoms with Crippen LogP contribution in [-0.2, 0) is 4.79 Å². The minimum Gasteiger partial charge on any atom is -0.393 e. The molecule has 0 aromatic heterocycles. The molecule has 31 heavy (non-hydrogen) atoms. The Balaban J connectivity index is 1.66. The molecule has 1 fully saturated rings. The summed E-state index contributed by atoms with van der Waals surface area (Å²) >= 11 is 0. The summed E-state index contributed by atoms with van der Waals surface area (Å²) in [6.07, 6.45) is 1.64. The zero-order chi connectivity index (χ0) is 22.5. The molecule has 7 heteroatoms. The molecular formula is C24H30FN3O3. The first kappa shape index (κ1) is 22.7. The topological polar surface area (TPSA) is 81.7 Å². The molecule has 1 aliphatic rings. The van der Waals surface area contributed by atoms with Crippen LogP contribution in [0, 0.1) is 12.7 Å². The van der Waals surface area contributed by atoms with E-state index in [0.717, 1.165) is 29.7 Å². The Bertz CT molecular complexity index is 930. The second kappa shape index (κ2) is 9.92. The van der Waals surface area contributed by atoms with Crippen molar-refractivity contribution >= 4 is 23.3 Å². The normalized spacial score (nSPS) is 18.4. The second-order valence-electron chi connectivity index (χ2n) is 8.11. The number of halogens is 1. The number of carbonyl (C=O) groups excluding carboxylic acids is 2. The van der Waals surface area contributed by atoms with Gasteiger partial charge in [0.05, 0.1) is 11.8 Å². The Kier molecular flexibility index (Phi) is 7.28. The maximum Gasteiger partial charge on any atom is 0.319 e. The Morgan fingerprint density at radius 2 is 1.97 bits per heavy atom. The van der Waals surface area contributed by atoms with Crippen LogP contribution in [-0.4, -0.2) is 35.7 Å². The van der Waals surface area contributed by atoms with E-state index in [2.05, 4.69) is 10.6 Å². The van der Waals surface area contributed by atoms with Gasteiger partial charge >= 0.3 is 6.03 Å². The van der Waals surface area contributed by atoms with Crippen LogP contribution in [0.15, 0.2) is 42.5 Å². The molecule has 2 aromatic rings. The largest absolute Gasteiger partial charge is 0.393 e. The van der Waals surface area contributed by atoms with Crippen LogP contribution in [0.4, 0.5) is 20.6 Å². The second-order valence-corrected chi connectivity index (χ2v) is 8.11. The average molecular weight is 428 g/mol. The number of anilines is 2. The lowest BCUT2D eigenvalue weighted by molar-refractivity contribution is -0.121. The molecule has 1 heterocycles. The lowest BCUT2D eigenvalue weighted by Crippen LogP contribution is -2.53. The summed E-state index contributed by atoms with van der Waals surface area (Å²) in [5, 5.41) is 15.1.